The zero-order chi connectivity index (χ0) is 13.7. The van der Waals surface area contributed by atoms with Crippen molar-refractivity contribution >= 4 is 11.9 Å². The van der Waals surface area contributed by atoms with Crippen LogP contribution in [-0.2, 0) is 4.79 Å². The van der Waals surface area contributed by atoms with Gasteiger partial charge in [0.05, 0.1) is 5.56 Å². The molecule has 0 bridgehead atoms. The maximum atomic E-state index is 11.8. The fraction of sp³-hybridized carbons (Fsp3) is 0.417. The second-order valence-electron chi connectivity index (χ2n) is 3.93. The number of aryl methyl sites for hydroxylation is 2. The van der Waals surface area contributed by atoms with Crippen molar-refractivity contribution in [3.05, 3.63) is 33.4 Å². The van der Waals surface area contributed by atoms with Crippen molar-refractivity contribution in [3.8, 4) is 0 Å². The van der Waals surface area contributed by atoms with Gasteiger partial charge in [0.2, 0.25) is 0 Å². The molecular weight excluding hydrogens is 238 g/mol. The van der Waals surface area contributed by atoms with E-state index in [4.69, 9.17) is 9.52 Å². The van der Waals surface area contributed by atoms with E-state index in [2.05, 4.69) is 5.32 Å². The molecule has 98 valence electrons. The van der Waals surface area contributed by atoms with Crippen LogP contribution in [0.25, 0.3) is 0 Å². The number of aliphatic carboxylic acids is 1. The van der Waals surface area contributed by atoms with Gasteiger partial charge in [-0.1, -0.05) is 0 Å². The third-order valence-electron chi connectivity index (χ3n) is 2.41. The number of rotatable bonds is 5. The van der Waals surface area contributed by atoms with Crippen molar-refractivity contribution in [2.24, 2.45) is 0 Å². The van der Waals surface area contributed by atoms with Crippen LogP contribution in [0, 0.1) is 13.8 Å². The average molecular weight is 253 g/mol. The summed E-state index contributed by atoms with van der Waals surface area (Å²) >= 11 is 0. The van der Waals surface area contributed by atoms with Crippen molar-refractivity contribution < 1.29 is 19.1 Å². The molecule has 18 heavy (non-hydrogen) atoms. The molecule has 0 fully saturated rings. The van der Waals surface area contributed by atoms with E-state index >= 15 is 0 Å². The first-order chi connectivity index (χ1) is 8.41. The zero-order valence-electron chi connectivity index (χ0n) is 10.3. The van der Waals surface area contributed by atoms with Crippen LogP contribution in [0.2, 0.25) is 0 Å². The van der Waals surface area contributed by atoms with E-state index in [1.807, 2.05) is 0 Å². The molecule has 0 aliphatic carbocycles. The van der Waals surface area contributed by atoms with Crippen LogP contribution in [0.3, 0.4) is 0 Å². The number of carboxylic acids is 1. The number of carbonyl (C=O) groups is 2. The summed E-state index contributed by atoms with van der Waals surface area (Å²) in [6.45, 7) is 3.46. The van der Waals surface area contributed by atoms with Gasteiger partial charge >= 0.3 is 11.6 Å². The molecular formula is C12H15NO5. The molecule has 0 aliphatic rings. The minimum Gasteiger partial charge on any atom is -0.481 e. The maximum absolute atomic E-state index is 11.8. The Morgan fingerprint density at radius 3 is 2.61 bits per heavy atom. The fourth-order valence-corrected chi connectivity index (χ4v) is 1.63. The SMILES string of the molecule is Cc1cc(=O)oc(C)c1C(=O)NCCCC(=O)O. The summed E-state index contributed by atoms with van der Waals surface area (Å²) in [7, 11) is 0. The summed E-state index contributed by atoms with van der Waals surface area (Å²) in [4.78, 5) is 33.2. The lowest BCUT2D eigenvalue weighted by Crippen LogP contribution is -2.27. The number of nitrogens with one attached hydrogen (secondary N) is 1. The molecule has 1 aromatic rings. The van der Waals surface area contributed by atoms with Gasteiger partial charge in [-0.3, -0.25) is 9.59 Å². The van der Waals surface area contributed by atoms with E-state index < -0.39 is 11.6 Å². The molecule has 0 aliphatic heterocycles. The number of carboxylic acid groups (broad SMARTS) is 1. The molecule has 0 unspecified atom stereocenters. The largest absolute Gasteiger partial charge is 0.481 e. The number of hydrogen-bond acceptors (Lipinski definition) is 4. The predicted octanol–water partition coefficient (Wildman–Crippen LogP) is 0.851. The van der Waals surface area contributed by atoms with Gasteiger partial charge in [0.15, 0.2) is 0 Å². The van der Waals surface area contributed by atoms with Gasteiger partial charge in [0.1, 0.15) is 5.76 Å². The van der Waals surface area contributed by atoms with Crippen LogP contribution in [0.4, 0.5) is 0 Å². The van der Waals surface area contributed by atoms with Gasteiger partial charge < -0.3 is 14.8 Å². The minimum atomic E-state index is -0.901. The van der Waals surface area contributed by atoms with Crippen molar-refractivity contribution in [1.82, 2.24) is 5.32 Å². The predicted molar refractivity (Wildman–Crippen MR) is 63.7 cm³/mol. The van der Waals surface area contributed by atoms with Gasteiger partial charge in [-0.15, -0.1) is 0 Å². The van der Waals surface area contributed by atoms with E-state index in [0.717, 1.165) is 0 Å². The Labute approximate surface area is 104 Å². The molecule has 0 atom stereocenters. The number of amides is 1. The van der Waals surface area contributed by atoms with Crippen LogP contribution >= 0.6 is 0 Å². The van der Waals surface area contributed by atoms with Crippen molar-refractivity contribution in [3.63, 3.8) is 0 Å². The second-order valence-corrected chi connectivity index (χ2v) is 3.93. The van der Waals surface area contributed by atoms with Gasteiger partial charge in [0, 0.05) is 19.0 Å². The molecule has 0 saturated carbocycles. The number of hydrogen-bond donors (Lipinski definition) is 2. The standard InChI is InChI=1S/C12H15NO5/c1-7-6-10(16)18-8(2)11(7)12(17)13-5-3-4-9(14)15/h6H,3-5H2,1-2H3,(H,13,17)(H,14,15). The van der Waals surface area contributed by atoms with Crippen LogP contribution in [0.1, 0.15) is 34.5 Å². The van der Waals surface area contributed by atoms with E-state index in [-0.39, 0.29) is 24.6 Å². The highest BCUT2D eigenvalue weighted by Crippen LogP contribution is 2.10. The first-order valence-electron chi connectivity index (χ1n) is 5.53. The summed E-state index contributed by atoms with van der Waals surface area (Å²) in [5.74, 6) is -1.00. The number of carbonyl (C=O) groups excluding carboxylic acids is 1. The van der Waals surface area contributed by atoms with Crippen molar-refractivity contribution in [2.45, 2.75) is 26.7 Å². The lowest BCUT2D eigenvalue weighted by atomic mass is 10.1. The summed E-state index contributed by atoms with van der Waals surface area (Å²) in [6.07, 6.45) is 0.359. The van der Waals surface area contributed by atoms with E-state index in [1.165, 1.54) is 6.07 Å². The molecule has 1 heterocycles. The summed E-state index contributed by atoms with van der Waals surface area (Å²) in [5, 5.41) is 11.0. The molecule has 6 nitrogen and oxygen atoms in total. The zero-order valence-corrected chi connectivity index (χ0v) is 10.3. The Morgan fingerprint density at radius 1 is 1.39 bits per heavy atom. The third-order valence-corrected chi connectivity index (χ3v) is 2.41. The molecule has 1 rings (SSSR count). The normalized spacial score (nSPS) is 10.1. The van der Waals surface area contributed by atoms with E-state index in [9.17, 15) is 14.4 Å². The first-order valence-corrected chi connectivity index (χ1v) is 5.53. The van der Waals surface area contributed by atoms with Crippen molar-refractivity contribution in [2.75, 3.05) is 6.54 Å². The van der Waals surface area contributed by atoms with Gasteiger partial charge in [-0.05, 0) is 25.8 Å². The highest BCUT2D eigenvalue weighted by Gasteiger charge is 2.14. The lowest BCUT2D eigenvalue weighted by molar-refractivity contribution is -0.137. The van der Waals surface area contributed by atoms with Gasteiger partial charge in [0.25, 0.3) is 5.91 Å². The Balaban J connectivity index is 2.67. The van der Waals surface area contributed by atoms with Gasteiger partial charge in [-0.25, -0.2) is 4.79 Å². The Hall–Kier alpha value is -2.11. The summed E-state index contributed by atoms with van der Waals surface area (Å²) in [5.41, 5.74) is 0.372. The molecule has 2 N–H and O–H groups in total. The molecule has 6 heteroatoms. The van der Waals surface area contributed by atoms with Crippen LogP contribution in [0.5, 0.6) is 0 Å². The van der Waals surface area contributed by atoms with Crippen molar-refractivity contribution in [1.29, 1.82) is 0 Å². The monoisotopic (exact) mass is 253 g/mol. The molecule has 1 amide bonds. The Bertz CT molecular complexity index is 491. The van der Waals surface area contributed by atoms with E-state index in [1.54, 1.807) is 13.8 Å². The first kappa shape index (κ1) is 14.0. The maximum Gasteiger partial charge on any atom is 0.336 e. The molecule has 0 radical (unpaired) electrons. The lowest BCUT2D eigenvalue weighted by Gasteiger charge is -2.08. The quantitative estimate of drug-likeness (QED) is 0.758. The highest BCUT2D eigenvalue weighted by atomic mass is 16.4. The Kier molecular flexibility index (Phi) is 4.65. The minimum absolute atomic E-state index is 0.00210. The molecule has 0 spiro atoms. The summed E-state index contributed by atoms with van der Waals surface area (Å²) < 4.78 is 4.84. The Morgan fingerprint density at radius 2 is 2.06 bits per heavy atom. The molecule has 1 aromatic heterocycles. The third kappa shape index (κ3) is 3.73. The average Bonchev–Trinajstić information content (AvgIpc) is 2.22. The van der Waals surface area contributed by atoms with Crippen LogP contribution in [0.15, 0.2) is 15.3 Å². The van der Waals surface area contributed by atoms with Crippen LogP contribution in [-0.4, -0.2) is 23.5 Å². The molecule has 0 saturated heterocycles. The topological polar surface area (TPSA) is 96.6 Å². The van der Waals surface area contributed by atoms with Crippen LogP contribution < -0.4 is 10.9 Å². The smallest absolute Gasteiger partial charge is 0.336 e. The fourth-order valence-electron chi connectivity index (χ4n) is 1.63. The van der Waals surface area contributed by atoms with E-state index in [0.29, 0.717) is 17.5 Å². The molecule has 0 aromatic carbocycles. The second kappa shape index (κ2) is 6.00. The van der Waals surface area contributed by atoms with Gasteiger partial charge in [-0.2, -0.15) is 0 Å². The summed E-state index contributed by atoms with van der Waals surface area (Å²) in [6, 6.07) is 1.25. The highest BCUT2D eigenvalue weighted by molar-refractivity contribution is 5.96.